The molecule has 1 aromatic carbocycles. The van der Waals surface area contributed by atoms with Gasteiger partial charge in [0, 0.05) is 29.7 Å². The molecule has 0 radical (unpaired) electrons. The van der Waals surface area contributed by atoms with Crippen LogP contribution in [0.2, 0.25) is 0 Å². The Balaban J connectivity index is 2.04. The molecule has 1 aromatic heterocycles. The summed E-state index contributed by atoms with van der Waals surface area (Å²) in [7, 11) is 0. The maximum absolute atomic E-state index is 5.93. The number of pyridine rings is 1. The number of alkyl halides is 1. The molecule has 0 aliphatic carbocycles. The Kier molecular flexibility index (Phi) is 5.87. The van der Waals surface area contributed by atoms with E-state index in [-0.39, 0.29) is 0 Å². The summed E-state index contributed by atoms with van der Waals surface area (Å²) in [5.74, 6) is 1.63. The van der Waals surface area contributed by atoms with Crippen LogP contribution in [0.5, 0.6) is 11.5 Å². The van der Waals surface area contributed by atoms with Gasteiger partial charge in [0.25, 0.3) is 0 Å². The van der Waals surface area contributed by atoms with Crippen molar-refractivity contribution in [1.29, 1.82) is 0 Å². The number of para-hydroxylation sites is 1. The fraction of sp³-hybridized carbons (Fsp3) is 0.312. The zero-order valence-corrected chi connectivity index (χ0v) is 13.1. The van der Waals surface area contributed by atoms with Gasteiger partial charge in [-0.15, -0.1) is 0 Å². The van der Waals surface area contributed by atoms with E-state index in [2.05, 4.69) is 27.0 Å². The summed E-state index contributed by atoms with van der Waals surface area (Å²) >= 11 is 3.48. The molecule has 0 amide bonds. The van der Waals surface area contributed by atoms with E-state index in [1.54, 1.807) is 6.20 Å². The number of rotatable bonds is 7. The van der Waals surface area contributed by atoms with Crippen LogP contribution < -0.4 is 9.47 Å². The Morgan fingerprint density at radius 3 is 2.75 bits per heavy atom. The zero-order valence-electron chi connectivity index (χ0n) is 11.5. The van der Waals surface area contributed by atoms with E-state index in [1.165, 1.54) is 5.56 Å². The van der Waals surface area contributed by atoms with Crippen molar-refractivity contribution in [3.8, 4) is 11.5 Å². The van der Waals surface area contributed by atoms with Gasteiger partial charge in [0.05, 0.1) is 13.2 Å². The van der Waals surface area contributed by atoms with E-state index in [4.69, 9.17) is 9.47 Å². The average Bonchev–Trinajstić information content (AvgIpc) is 2.50. The van der Waals surface area contributed by atoms with Crippen LogP contribution in [0.15, 0.2) is 42.7 Å². The maximum atomic E-state index is 5.93. The van der Waals surface area contributed by atoms with E-state index in [1.807, 2.05) is 37.4 Å². The van der Waals surface area contributed by atoms with Crippen LogP contribution >= 0.6 is 15.9 Å². The summed E-state index contributed by atoms with van der Waals surface area (Å²) in [6, 6.07) is 9.95. The molecule has 0 unspecified atom stereocenters. The third kappa shape index (κ3) is 3.97. The van der Waals surface area contributed by atoms with Gasteiger partial charge in [-0.3, -0.25) is 4.98 Å². The summed E-state index contributed by atoms with van der Waals surface area (Å²) in [6.45, 7) is 3.21. The van der Waals surface area contributed by atoms with Gasteiger partial charge in [-0.1, -0.05) is 34.1 Å². The maximum Gasteiger partial charge on any atom is 0.165 e. The lowest BCUT2D eigenvalue weighted by Crippen LogP contribution is -2.05. The van der Waals surface area contributed by atoms with Crippen LogP contribution in [0.4, 0.5) is 0 Å². The highest BCUT2D eigenvalue weighted by atomic mass is 79.9. The molecule has 3 nitrogen and oxygen atoms in total. The zero-order chi connectivity index (χ0) is 14.2. The molecular formula is C16H18BrNO2. The monoisotopic (exact) mass is 335 g/mol. The predicted molar refractivity (Wildman–Crippen MR) is 83.7 cm³/mol. The normalized spacial score (nSPS) is 10.3. The van der Waals surface area contributed by atoms with Crippen molar-refractivity contribution in [3.05, 3.63) is 53.9 Å². The second-order valence-electron chi connectivity index (χ2n) is 4.27. The van der Waals surface area contributed by atoms with Gasteiger partial charge in [-0.25, -0.2) is 0 Å². The molecule has 0 spiro atoms. The molecule has 0 aliphatic heterocycles. The first-order valence-corrected chi connectivity index (χ1v) is 7.79. The van der Waals surface area contributed by atoms with E-state index < -0.39 is 0 Å². The molecule has 2 rings (SSSR count). The third-order valence-electron chi connectivity index (χ3n) is 2.86. The molecule has 0 bridgehead atoms. The Hall–Kier alpha value is -1.55. The SMILES string of the molecule is CCOc1cccc(CBr)c1OCCc1cccnc1. The van der Waals surface area contributed by atoms with Gasteiger partial charge in [0.1, 0.15) is 0 Å². The van der Waals surface area contributed by atoms with Crippen LogP contribution in [0.3, 0.4) is 0 Å². The Morgan fingerprint density at radius 1 is 1.15 bits per heavy atom. The number of benzene rings is 1. The Morgan fingerprint density at radius 2 is 2.05 bits per heavy atom. The Labute approximate surface area is 128 Å². The number of ether oxygens (including phenoxy) is 2. The number of aromatic nitrogens is 1. The summed E-state index contributed by atoms with van der Waals surface area (Å²) in [5, 5.41) is 0.746. The molecule has 0 aliphatic rings. The van der Waals surface area contributed by atoms with Crippen LogP contribution in [0.25, 0.3) is 0 Å². The first kappa shape index (κ1) is 14.9. The summed E-state index contributed by atoms with van der Waals surface area (Å²) < 4.78 is 11.6. The smallest absolute Gasteiger partial charge is 0.165 e. The fourth-order valence-corrected chi connectivity index (χ4v) is 2.36. The molecule has 106 valence electrons. The van der Waals surface area contributed by atoms with Crippen molar-refractivity contribution in [1.82, 2.24) is 4.98 Å². The molecule has 0 saturated heterocycles. The summed E-state index contributed by atoms with van der Waals surface area (Å²) in [5.41, 5.74) is 2.27. The second kappa shape index (κ2) is 7.90. The van der Waals surface area contributed by atoms with Crippen LogP contribution in [-0.4, -0.2) is 18.2 Å². The van der Waals surface area contributed by atoms with Crippen molar-refractivity contribution >= 4 is 15.9 Å². The highest BCUT2D eigenvalue weighted by molar-refractivity contribution is 9.08. The predicted octanol–water partition coefficient (Wildman–Crippen LogP) is 4.00. The molecule has 0 N–H and O–H groups in total. The van der Waals surface area contributed by atoms with E-state index >= 15 is 0 Å². The minimum absolute atomic E-state index is 0.607. The largest absolute Gasteiger partial charge is 0.490 e. The molecule has 4 heteroatoms. The van der Waals surface area contributed by atoms with Gasteiger partial charge >= 0.3 is 0 Å². The topological polar surface area (TPSA) is 31.4 Å². The molecule has 20 heavy (non-hydrogen) atoms. The lowest BCUT2D eigenvalue weighted by atomic mass is 10.2. The number of hydrogen-bond donors (Lipinski definition) is 0. The van der Waals surface area contributed by atoms with Crippen molar-refractivity contribution in [2.75, 3.05) is 13.2 Å². The molecule has 2 aromatic rings. The first-order valence-electron chi connectivity index (χ1n) is 6.67. The van der Waals surface area contributed by atoms with Gasteiger partial charge < -0.3 is 9.47 Å². The molecule has 0 saturated carbocycles. The quantitative estimate of drug-likeness (QED) is 0.716. The van der Waals surface area contributed by atoms with E-state index in [0.717, 1.165) is 28.8 Å². The van der Waals surface area contributed by atoms with Crippen molar-refractivity contribution in [3.63, 3.8) is 0 Å². The molecule has 1 heterocycles. The highest BCUT2D eigenvalue weighted by Crippen LogP contribution is 2.32. The van der Waals surface area contributed by atoms with Crippen molar-refractivity contribution < 1.29 is 9.47 Å². The van der Waals surface area contributed by atoms with Crippen LogP contribution in [-0.2, 0) is 11.8 Å². The van der Waals surface area contributed by atoms with E-state index in [9.17, 15) is 0 Å². The van der Waals surface area contributed by atoms with Crippen molar-refractivity contribution in [2.45, 2.75) is 18.7 Å². The summed E-state index contributed by atoms with van der Waals surface area (Å²) in [4.78, 5) is 4.10. The minimum atomic E-state index is 0.607. The lowest BCUT2D eigenvalue weighted by Gasteiger charge is -2.15. The molecular weight excluding hydrogens is 318 g/mol. The molecule has 0 atom stereocenters. The molecule has 0 fully saturated rings. The van der Waals surface area contributed by atoms with Gasteiger partial charge in [0.15, 0.2) is 11.5 Å². The number of hydrogen-bond acceptors (Lipinski definition) is 3. The minimum Gasteiger partial charge on any atom is -0.490 e. The second-order valence-corrected chi connectivity index (χ2v) is 4.83. The third-order valence-corrected chi connectivity index (χ3v) is 3.47. The van der Waals surface area contributed by atoms with Gasteiger partial charge in [-0.05, 0) is 24.6 Å². The van der Waals surface area contributed by atoms with Crippen molar-refractivity contribution in [2.24, 2.45) is 0 Å². The van der Waals surface area contributed by atoms with Gasteiger partial charge in [-0.2, -0.15) is 0 Å². The van der Waals surface area contributed by atoms with Crippen LogP contribution in [0.1, 0.15) is 18.1 Å². The van der Waals surface area contributed by atoms with Crippen LogP contribution in [0, 0.1) is 0 Å². The highest BCUT2D eigenvalue weighted by Gasteiger charge is 2.10. The Bertz CT molecular complexity index is 531. The van der Waals surface area contributed by atoms with Gasteiger partial charge in [0.2, 0.25) is 0 Å². The standard InChI is InChI=1S/C16H18BrNO2/c1-2-19-15-7-3-6-14(11-17)16(15)20-10-8-13-5-4-9-18-12-13/h3-7,9,12H,2,8,10-11H2,1H3. The number of nitrogens with zero attached hydrogens (tertiary/aromatic N) is 1. The van der Waals surface area contributed by atoms with E-state index in [0.29, 0.717) is 13.2 Å². The summed E-state index contributed by atoms with van der Waals surface area (Å²) in [6.07, 6.45) is 4.47. The number of halogens is 1. The lowest BCUT2D eigenvalue weighted by molar-refractivity contribution is 0.277. The fourth-order valence-electron chi connectivity index (χ4n) is 1.92. The first-order chi connectivity index (χ1) is 9.85. The average molecular weight is 336 g/mol.